The molecule has 0 unspecified atom stereocenters. The lowest BCUT2D eigenvalue weighted by atomic mass is 10.1. The second kappa shape index (κ2) is 9.71. The van der Waals surface area contributed by atoms with E-state index in [1.165, 1.54) is 0 Å². The van der Waals surface area contributed by atoms with Crippen LogP contribution < -0.4 is 4.72 Å². The molecule has 0 spiro atoms. The van der Waals surface area contributed by atoms with E-state index in [0.29, 0.717) is 29.5 Å². The highest BCUT2D eigenvalue weighted by atomic mass is 35.5. The number of hydrogen-bond donors (Lipinski definition) is 3. The summed E-state index contributed by atoms with van der Waals surface area (Å²) in [6, 6.07) is 5.68. The van der Waals surface area contributed by atoms with Crippen molar-refractivity contribution < 1.29 is 8.42 Å². The van der Waals surface area contributed by atoms with Crippen LogP contribution in [-0.2, 0) is 23.0 Å². The summed E-state index contributed by atoms with van der Waals surface area (Å²) >= 11 is 6.09. The molecule has 10 heteroatoms. The van der Waals surface area contributed by atoms with Crippen molar-refractivity contribution in [2.24, 2.45) is 0 Å². The molecule has 0 saturated heterocycles. The number of benzene rings is 1. The molecule has 29 heavy (non-hydrogen) atoms. The predicted molar refractivity (Wildman–Crippen MR) is 116 cm³/mol. The van der Waals surface area contributed by atoms with Gasteiger partial charge in [-0.15, -0.1) is 0 Å². The van der Waals surface area contributed by atoms with Crippen LogP contribution in [0.5, 0.6) is 0 Å². The molecule has 0 radical (unpaired) electrons. The van der Waals surface area contributed by atoms with Gasteiger partial charge in [-0.3, -0.25) is 5.10 Å². The molecule has 0 atom stereocenters. The summed E-state index contributed by atoms with van der Waals surface area (Å²) < 4.78 is 27.0. The van der Waals surface area contributed by atoms with Gasteiger partial charge in [0, 0.05) is 28.5 Å². The number of H-pyrrole nitrogens is 2. The highest BCUT2D eigenvalue weighted by Crippen LogP contribution is 2.23. The molecule has 0 fully saturated rings. The molecule has 0 bridgehead atoms. The number of nitrogens with zero attached hydrogens (tertiary/aromatic N) is 3. The maximum Gasteiger partial charge on any atom is 0.212 e. The summed E-state index contributed by atoms with van der Waals surface area (Å²) in [5.41, 5.74) is 2.05. The summed E-state index contributed by atoms with van der Waals surface area (Å²) in [5, 5.41) is 8.71. The van der Waals surface area contributed by atoms with Gasteiger partial charge in [-0.2, -0.15) is 5.10 Å². The van der Waals surface area contributed by atoms with E-state index in [1.807, 2.05) is 24.4 Å². The van der Waals surface area contributed by atoms with Crippen molar-refractivity contribution in [2.45, 2.75) is 33.2 Å². The lowest BCUT2D eigenvalue weighted by molar-refractivity contribution is 0.305. The Morgan fingerprint density at radius 1 is 1.24 bits per heavy atom. The van der Waals surface area contributed by atoms with E-state index in [4.69, 9.17) is 11.6 Å². The van der Waals surface area contributed by atoms with Crippen molar-refractivity contribution in [3.8, 4) is 0 Å². The smallest absolute Gasteiger partial charge is 0.212 e. The Morgan fingerprint density at radius 2 is 2.03 bits per heavy atom. The molecule has 3 N–H and O–H groups in total. The van der Waals surface area contributed by atoms with Gasteiger partial charge >= 0.3 is 0 Å². The first kappa shape index (κ1) is 21.8. The van der Waals surface area contributed by atoms with Gasteiger partial charge in [0.15, 0.2) is 5.82 Å². The van der Waals surface area contributed by atoms with E-state index in [2.05, 4.69) is 43.6 Å². The van der Waals surface area contributed by atoms with E-state index >= 15 is 0 Å². The molecule has 0 aliphatic rings. The normalized spacial score (nSPS) is 12.3. The highest BCUT2D eigenvalue weighted by Gasteiger charge is 2.14. The van der Waals surface area contributed by atoms with Crippen molar-refractivity contribution in [3.05, 3.63) is 46.6 Å². The van der Waals surface area contributed by atoms with Gasteiger partial charge in [0.2, 0.25) is 10.0 Å². The third-order valence-electron chi connectivity index (χ3n) is 4.90. The van der Waals surface area contributed by atoms with Gasteiger partial charge < -0.3 is 9.88 Å². The van der Waals surface area contributed by atoms with E-state index in [9.17, 15) is 8.42 Å². The van der Waals surface area contributed by atoms with Crippen LogP contribution in [0.2, 0.25) is 5.02 Å². The third-order valence-corrected chi connectivity index (χ3v) is 6.54. The van der Waals surface area contributed by atoms with Gasteiger partial charge in [0.05, 0.1) is 12.3 Å². The van der Waals surface area contributed by atoms with Crippen LogP contribution >= 0.6 is 11.6 Å². The highest BCUT2D eigenvalue weighted by molar-refractivity contribution is 7.89. The minimum absolute atomic E-state index is 0.0732. The van der Waals surface area contributed by atoms with Crippen LogP contribution in [0.4, 0.5) is 0 Å². The SMILES string of the molecule is CCN(CC)CCCS(=O)(=O)NCc1n[nH]c(Cc2c[nH]c3ccc(Cl)cc23)n1. The predicted octanol–water partition coefficient (Wildman–Crippen LogP) is 2.68. The summed E-state index contributed by atoms with van der Waals surface area (Å²) in [4.78, 5) is 9.81. The fourth-order valence-corrected chi connectivity index (χ4v) is 4.41. The van der Waals surface area contributed by atoms with E-state index in [0.717, 1.165) is 36.1 Å². The fourth-order valence-electron chi connectivity index (χ4n) is 3.23. The second-order valence-electron chi connectivity index (χ2n) is 6.90. The lowest BCUT2D eigenvalue weighted by Gasteiger charge is -2.17. The molecule has 0 amide bonds. The zero-order chi connectivity index (χ0) is 20.9. The Bertz CT molecular complexity index is 1040. The Labute approximate surface area is 176 Å². The number of rotatable bonds is 11. The van der Waals surface area contributed by atoms with Crippen LogP contribution in [0.1, 0.15) is 37.5 Å². The molecule has 0 aliphatic carbocycles. The fraction of sp³-hybridized carbons (Fsp3) is 0.474. The van der Waals surface area contributed by atoms with Crippen molar-refractivity contribution >= 4 is 32.5 Å². The minimum atomic E-state index is -3.36. The van der Waals surface area contributed by atoms with Crippen LogP contribution in [0.3, 0.4) is 0 Å². The monoisotopic (exact) mass is 438 g/mol. The van der Waals surface area contributed by atoms with Crippen molar-refractivity contribution in [3.63, 3.8) is 0 Å². The number of sulfonamides is 1. The summed E-state index contributed by atoms with van der Waals surface area (Å²) in [5.74, 6) is 1.18. The Morgan fingerprint density at radius 3 is 2.79 bits per heavy atom. The number of halogens is 1. The second-order valence-corrected chi connectivity index (χ2v) is 9.26. The van der Waals surface area contributed by atoms with E-state index in [1.54, 1.807) is 0 Å². The summed E-state index contributed by atoms with van der Waals surface area (Å²) in [6.07, 6.45) is 3.06. The zero-order valence-electron chi connectivity index (χ0n) is 16.7. The van der Waals surface area contributed by atoms with E-state index in [-0.39, 0.29) is 12.3 Å². The Balaban J connectivity index is 1.54. The molecule has 0 saturated carbocycles. The van der Waals surface area contributed by atoms with Crippen molar-refractivity contribution in [1.82, 2.24) is 29.8 Å². The standard InChI is InChI=1S/C19H27ClN6O2S/c1-3-26(4-2)8-5-9-29(27,28)22-13-19-23-18(24-25-19)10-14-12-21-17-7-6-15(20)11-16(14)17/h6-7,11-12,21-22H,3-5,8-10,13H2,1-2H3,(H,23,24,25). The quantitative estimate of drug-likeness (QED) is 0.426. The molecular formula is C19H27ClN6O2S. The minimum Gasteiger partial charge on any atom is -0.361 e. The number of aromatic amines is 2. The number of nitrogens with one attached hydrogen (secondary N) is 3. The maximum atomic E-state index is 12.2. The number of fused-ring (bicyclic) bond motifs is 1. The molecule has 0 aliphatic heterocycles. The summed E-state index contributed by atoms with van der Waals surface area (Å²) in [7, 11) is -3.36. The van der Waals surface area contributed by atoms with Gasteiger partial charge in [-0.05, 0) is 49.8 Å². The molecule has 1 aromatic carbocycles. The van der Waals surface area contributed by atoms with Gasteiger partial charge in [-0.1, -0.05) is 25.4 Å². The van der Waals surface area contributed by atoms with Crippen LogP contribution in [0.15, 0.2) is 24.4 Å². The number of hydrogen-bond acceptors (Lipinski definition) is 5. The average molecular weight is 439 g/mol. The first-order valence-corrected chi connectivity index (χ1v) is 11.8. The first-order valence-electron chi connectivity index (χ1n) is 9.75. The average Bonchev–Trinajstić information content (AvgIpc) is 3.31. The molecule has 3 rings (SSSR count). The van der Waals surface area contributed by atoms with Gasteiger partial charge in [-0.25, -0.2) is 18.1 Å². The van der Waals surface area contributed by atoms with Crippen molar-refractivity contribution in [1.29, 1.82) is 0 Å². The van der Waals surface area contributed by atoms with E-state index < -0.39 is 10.0 Å². The molecular weight excluding hydrogens is 412 g/mol. The molecule has 158 valence electrons. The van der Waals surface area contributed by atoms with Gasteiger partial charge in [0.25, 0.3) is 0 Å². The van der Waals surface area contributed by atoms with Gasteiger partial charge in [0.1, 0.15) is 5.82 Å². The first-order chi connectivity index (χ1) is 13.9. The topological polar surface area (TPSA) is 107 Å². The molecule has 3 aromatic rings. The van der Waals surface area contributed by atoms with Crippen LogP contribution in [-0.4, -0.2) is 58.9 Å². The maximum absolute atomic E-state index is 12.2. The Hall–Kier alpha value is -1.94. The number of aromatic nitrogens is 4. The van der Waals surface area contributed by atoms with Crippen molar-refractivity contribution in [2.75, 3.05) is 25.4 Å². The van der Waals surface area contributed by atoms with Crippen LogP contribution in [0, 0.1) is 0 Å². The largest absolute Gasteiger partial charge is 0.361 e. The summed E-state index contributed by atoms with van der Waals surface area (Å²) in [6.45, 7) is 6.83. The Kier molecular flexibility index (Phi) is 7.28. The molecule has 2 aromatic heterocycles. The third kappa shape index (κ3) is 6.02. The van der Waals surface area contributed by atoms with Crippen LogP contribution in [0.25, 0.3) is 10.9 Å². The molecule has 2 heterocycles. The lowest BCUT2D eigenvalue weighted by Crippen LogP contribution is -2.30. The zero-order valence-corrected chi connectivity index (χ0v) is 18.3. The molecule has 8 nitrogen and oxygen atoms in total.